The first kappa shape index (κ1) is 23.3. The molecule has 4 rings (SSSR count). The largest absolute Gasteiger partial charge is 0.326 e. The second kappa shape index (κ2) is 7.87. The fourth-order valence-corrected chi connectivity index (χ4v) is 5.25. The van der Waals surface area contributed by atoms with Crippen LogP contribution in [0.4, 0.5) is 17.1 Å². The van der Waals surface area contributed by atoms with Crippen molar-refractivity contribution in [2.24, 2.45) is 22.7 Å². The first-order valence-electron chi connectivity index (χ1n) is 11.1. The van der Waals surface area contributed by atoms with E-state index in [-0.39, 0.29) is 39.4 Å². The molecule has 7 nitrogen and oxygen atoms in total. The lowest BCUT2D eigenvalue weighted by molar-refractivity contribution is -0.118. The molecular weight excluding hydrogens is 438 g/mol. The Morgan fingerprint density at radius 2 is 1.15 bits per heavy atom. The maximum Gasteiger partial charge on any atom is 0.264 e. The van der Waals surface area contributed by atoms with Gasteiger partial charge in [-0.15, -0.1) is 0 Å². The Morgan fingerprint density at radius 1 is 0.788 bits per heavy atom. The number of carbonyl (C=O) groups excluding carboxylic acids is 2. The fraction of sp³-hybridized carbons (Fsp3) is 0.440. The molecule has 2 aliphatic carbocycles. The van der Waals surface area contributed by atoms with Crippen LogP contribution in [0.1, 0.15) is 40.5 Å². The summed E-state index contributed by atoms with van der Waals surface area (Å²) in [6, 6.07) is 12.9. The van der Waals surface area contributed by atoms with Crippen LogP contribution in [0.2, 0.25) is 0 Å². The Labute approximate surface area is 195 Å². The van der Waals surface area contributed by atoms with Crippen molar-refractivity contribution in [1.82, 2.24) is 0 Å². The molecule has 0 aliphatic heterocycles. The number of carbonyl (C=O) groups is 2. The van der Waals surface area contributed by atoms with Crippen LogP contribution in [0.25, 0.3) is 0 Å². The van der Waals surface area contributed by atoms with Gasteiger partial charge >= 0.3 is 0 Å². The zero-order valence-electron chi connectivity index (χ0n) is 19.7. The van der Waals surface area contributed by atoms with E-state index in [1.165, 1.54) is 23.5 Å². The molecule has 176 valence electrons. The summed E-state index contributed by atoms with van der Waals surface area (Å²) in [6.07, 6.45) is 1.73. The van der Waals surface area contributed by atoms with E-state index in [1.807, 2.05) is 0 Å². The van der Waals surface area contributed by atoms with Gasteiger partial charge in [-0.1, -0.05) is 27.7 Å². The lowest BCUT2D eigenvalue weighted by atomic mass is 10.1. The highest BCUT2D eigenvalue weighted by molar-refractivity contribution is 7.92. The minimum absolute atomic E-state index is 0.00411. The van der Waals surface area contributed by atoms with Gasteiger partial charge in [-0.05, 0) is 72.2 Å². The fourth-order valence-electron chi connectivity index (χ4n) is 4.05. The molecule has 8 heteroatoms. The van der Waals surface area contributed by atoms with Gasteiger partial charge in [0, 0.05) is 30.3 Å². The predicted octanol–water partition coefficient (Wildman–Crippen LogP) is 4.48. The molecule has 2 aromatic rings. The average molecular weight is 470 g/mol. The Kier molecular flexibility index (Phi) is 5.55. The number of nitrogens with zero attached hydrogens (tertiary/aromatic N) is 1. The number of hydrogen-bond donors (Lipinski definition) is 2. The van der Waals surface area contributed by atoms with Crippen molar-refractivity contribution in [2.75, 3.05) is 22.0 Å². The third-order valence-electron chi connectivity index (χ3n) is 6.94. The molecule has 33 heavy (non-hydrogen) atoms. The monoisotopic (exact) mass is 469 g/mol. The summed E-state index contributed by atoms with van der Waals surface area (Å²) in [7, 11) is -2.29. The second-order valence-corrected chi connectivity index (χ2v) is 12.5. The normalized spacial score (nSPS) is 22.2. The first-order valence-corrected chi connectivity index (χ1v) is 12.6. The Morgan fingerprint density at radius 3 is 1.52 bits per heavy atom. The van der Waals surface area contributed by atoms with Crippen molar-refractivity contribution >= 4 is 38.9 Å². The highest BCUT2D eigenvalue weighted by atomic mass is 32.2. The van der Waals surface area contributed by atoms with Gasteiger partial charge < -0.3 is 10.6 Å². The second-order valence-electron chi connectivity index (χ2n) is 10.5. The van der Waals surface area contributed by atoms with Crippen LogP contribution >= 0.6 is 0 Å². The molecule has 2 aromatic carbocycles. The van der Waals surface area contributed by atoms with Crippen LogP contribution in [0.15, 0.2) is 53.4 Å². The average Bonchev–Trinajstić information content (AvgIpc) is 3.61. The summed E-state index contributed by atoms with van der Waals surface area (Å²) in [5.74, 6) is -0.0318. The number of nitrogens with one attached hydrogen (secondary N) is 2. The summed E-state index contributed by atoms with van der Waals surface area (Å²) in [5, 5.41) is 5.75. The summed E-state index contributed by atoms with van der Waals surface area (Å²) in [6.45, 7) is 8.23. The molecule has 0 spiro atoms. The van der Waals surface area contributed by atoms with Crippen molar-refractivity contribution in [2.45, 2.75) is 45.4 Å². The number of benzene rings is 2. The standard InChI is InChI=1S/C25H31N3O4S/c1-24(2)14-20(24)22(29)26-16-6-10-18(11-7-16)28(5)33(31,32)19-12-8-17(9-13-19)27-23(30)21-15-25(21,3)4/h6-13,20-21H,14-15H2,1-5H3,(H,26,29)(H,27,30). The van der Waals surface area contributed by atoms with E-state index >= 15 is 0 Å². The predicted molar refractivity (Wildman–Crippen MR) is 130 cm³/mol. The van der Waals surface area contributed by atoms with E-state index in [0.717, 1.165) is 12.8 Å². The van der Waals surface area contributed by atoms with Crippen molar-refractivity contribution in [3.63, 3.8) is 0 Å². The van der Waals surface area contributed by atoms with Crippen molar-refractivity contribution < 1.29 is 18.0 Å². The third-order valence-corrected chi connectivity index (χ3v) is 8.74. The zero-order chi connectivity index (χ0) is 24.2. The molecule has 0 radical (unpaired) electrons. The molecule has 0 aromatic heterocycles. The molecule has 2 fully saturated rings. The molecular formula is C25H31N3O4S. The van der Waals surface area contributed by atoms with Crippen LogP contribution in [0.3, 0.4) is 0 Å². The number of hydrogen-bond acceptors (Lipinski definition) is 4. The molecule has 0 saturated heterocycles. The SMILES string of the molecule is CN(c1ccc(NC(=O)C2CC2(C)C)cc1)S(=O)(=O)c1ccc(NC(=O)C2CC2(C)C)cc1. The maximum atomic E-state index is 13.1. The van der Waals surface area contributed by atoms with E-state index in [9.17, 15) is 18.0 Å². The molecule has 2 aliphatic rings. The lowest BCUT2D eigenvalue weighted by Gasteiger charge is -2.20. The lowest BCUT2D eigenvalue weighted by Crippen LogP contribution is -2.26. The Balaban J connectivity index is 1.40. The van der Waals surface area contributed by atoms with Crippen LogP contribution in [0.5, 0.6) is 0 Å². The van der Waals surface area contributed by atoms with Gasteiger partial charge in [0.15, 0.2) is 0 Å². The van der Waals surface area contributed by atoms with Crippen LogP contribution < -0.4 is 14.9 Å². The zero-order valence-corrected chi connectivity index (χ0v) is 20.5. The summed E-state index contributed by atoms with van der Waals surface area (Å²) in [4.78, 5) is 24.7. The van der Waals surface area contributed by atoms with Crippen molar-refractivity contribution in [3.05, 3.63) is 48.5 Å². The van der Waals surface area contributed by atoms with E-state index in [4.69, 9.17) is 0 Å². The first-order chi connectivity index (χ1) is 15.3. The Bertz CT molecular complexity index is 1190. The summed E-state index contributed by atoms with van der Waals surface area (Å²) < 4.78 is 27.3. The summed E-state index contributed by atoms with van der Waals surface area (Å²) >= 11 is 0. The number of amides is 2. The number of rotatable bonds is 7. The van der Waals surface area contributed by atoms with Gasteiger partial charge in [0.05, 0.1) is 10.6 Å². The summed E-state index contributed by atoms with van der Waals surface area (Å²) in [5.41, 5.74) is 1.76. The van der Waals surface area contributed by atoms with Crippen molar-refractivity contribution in [3.8, 4) is 0 Å². The van der Waals surface area contributed by atoms with Gasteiger partial charge in [0.2, 0.25) is 11.8 Å². The van der Waals surface area contributed by atoms with Gasteiger partial charge in [0.25, 0.3) is 10.0 Å². The van der Waals surface area contributed by atoms with Crippen molar-refractivity contribution in [1.29, 1.82) is 0 Å². The number of anilines is 3. The molecule has 2 saturated carbocycles. The molecule has 2 N–H and O–H groups in total. The molecule has 2 unspecified atom stereocenters. The van der Waals surface area contributed by atoms with Gasteiger partial charge in [-0.3, -0.25) is 13.9 Å². The molecule has 2 atom stereocenters. The Hall–Kier alpha value is -2.87. The van der Waals surface area contributed by atoms with E-state index < -0.39 is 10.0 Å². The minimum atomic E-state index is -3.78. The van der Waals surface area contributed by atoms with Crippen LogP contribution in [0, 0.1) is 22.7 Å². The molecule has 0 heterocycles. The third kappa shape index (κ3) is 4.76. The highest BCUT2D eigenvalue weighted by Gasteiger charge is 2.51. The van der Waals surface area contributed by atoms with Crippen LogP contribution in [-0.2, 0) is 19.6 Å². The smallest absolute Gasteiger partial charge is 0.264 e. The molecule has 2 amide bonds. The quantitative estimate of drug-likeness (QED) is 0.625. The van der Waals surface area contributed by atoms with Gasteiger partial charge in [0.1, 0.15) is 0 Å². The van der Waals surface area contributed by atoms with Gasteiger partial charge in [-0.2, -0.15) is 0 Å². The topological polar surface area (TPSA) is 95.6 Å². The molecule has 0 bridgehead atoms. The maximum absolute atomic E-state index is 13.1. The minimum Gasteiger partial charge on any atom is -0.326 e. The number of sulfonamides is 1. The highest BCUT2D eigenvalue weighted by Crippen LogP contribution is 2.52. The van der Waals surface area contributed by atoms with E-state index in [0.29, 0.717) is 17.1 Å². The van der Waals surface area contributed by atoms with Crippen LogP contribution in [-0.4, -0.2) is 27.3 Å². The van der Waals surface area contributed by atoms with Gasteiger partial charge in [-0.25, -0.2) is 8.42 Å². The van der Waals surface area contributed by atoms with E-state index in [2.05, 4.69) is 38.3 Å². The van der Waals surface area contributed by atoms with E-state index in [1.54, 1.807) is 36.4 Å².